The van der Waals surface area contributed by atoms with Gasteiger partial charge in [-0.05, 0) is 61.5 Å². The number of amides is 1. The number of pyridine rings is 1. The van der Waals surface area contributed by atoms with Crippen LogP contribution in [0.25, 0.3) is 11.4 Å². The van der Waals surface area contributed by atoms with Crippen molar-refractivity contribution in [2.24, 2.45) is 0 Å². The van der Waals surface area contributed by atoms with Gasteiger partial charge in [0.05, 0.1) is 32.7 Å². The Hall–Kier alpha value is -4.03. The number of rotatable bonds is 6. The normalized spacial score (nSPS) is 10.9. The summed E-state index contributed by atoms with van der Waals surface area (Å²) in [5.74, 6) is -0.177. The molecule has 0 aliphatic heterocycles. The van der Waals surface area contributed by atoms with Gasteiger partial charge in [0.2, 0.25) is 0 Å². The van der Waals surface area contributed by atoms with E-state index >= 15 is 0 Å². The first kappa shape index (κ1) is 28.0. The fourth-order valence-electron chi connectivity index (χ4n) is 3.43. The topological polar surface area (TPSA) is 123 Å². The summed E-state index contributed by atoms with van der Waals surface area (Å²) < 4.78 is 33.6. The average Bonchev–Trinajstić information content (AvgIpc) is 3.57. The highest BCUT2D eigenvalue weighted by atomic mass is 35.5. The Morgan fingerprint density at radius 1 is 1.00 bits per heavy atom. The number of nitrogens with one attached hydrogen (secondary N) is 1. The molecule has 9 nitrogen and oxygen atoms in total. The van der Waals surface area contributed by atoms with Crippen molar-refractivity contribution >= 4 is 39.0 Å². The van der Waals surface area contributed by atoms with E-state index in [4.69, 9.17) is 16.2 Å². The van der Waals surface area contributed by atoms with Crippen LogP contribution in [0.15, 0.2) is 107 Å². The quantitative estimate of drug-likeness (QED) is 0.274. The van der Waals surface area contributed by atoms with Crippen LogP contribution >= 0.6 is 22.9 Å². The van der Waals surface area contributed by atoms with E-state index in [0.29, 0.717) is 15.8 Å². The highest BCUT2D eigenvalue weighted by Crippen LogP contribution is 2.21. The maximum atomic E-state index is 12.1. The summed E-state index contributed by atoms with van der Waals surface area (Å²) in [7, 11) is -4.02. The molecule has 3 aromatic heterocycles. The van der Waals surface area contributed by atoms with Gasteiger partial charge in [0.15, 0.2) is 0 Å². The summed E-state index contributed by atoms with van der Waals surface area (Å²) in [6.45, 7) is 2.16. The summed E-state index contributed by atoms with van der Waals surface area (Å²) in [6, 6.07) is 22.0. The monoisotopic (exact) mass is 582 g/mol. The van der Waals surface area contributed by atoms with Crippen molar-refractivity contribution in [2.45, 2.75) is 18.4 Å². The fourth-order valence-corrected chi connectivity index (χ4v) is 4.87. The molecule has 0 unspecified atom stereocenters. The van der Waals surface area contributed by atoms with Crippen molar-refractivity contribution in [3.63, 3.8) is 0 Å². The summed E-state index contributed by atoms with van der Waals surface area (Å²) in [6.07, 6.45) is 5.27. The second kappa shape index (κ2) is 12.2. The van der Waals surface area contributed by atoms with Gasteiger partial charge in [-0.15, -0.1) is 11.3 Å². The number of benzene rings is 2. The minimum absolute atomic E-state index is 0.0666. The summed E-state index contributed by atoms with van der Waals surface area (Å²) in [5, 5.41) is 2.83. The Morgan fingerprint density at radius 2 is 1.69 bits per heavy atom. The van der Waals surface area contributed by atoms with Gasteiger partial charge in [-0.1, -0.05) is 35.4 Å². The fraction of sp³-hybridized carbons (Fsp3) is 0.0741. The molecule has 0 radical (unpaired) electrons. The van der Waals surface area contributed by atoms with Crippen LogP contribution in [0.1, 0.15) is 20.9 Å². The minimum Gasteiger partial charge on any atom is -0.346 e. The third-order valence-electron chi connectivity index (χ3n) is 5.43. The van der Waals surface area contributed by atoms with Gasteiger partial charge in [-0.3, -0.25) is 18.7 Å². The van der Waals surface area contributed by atoms with Crippen LogP contribution < -0.4 is 10.9 Å². The van der Waals surface area contributed by atoms with Crippen LogP contribution in [0.3, 0.4) is 0 Å². The maximum Gasteiger partial charge on any atom is 0.294 e. The van der Waals surface area contributed by atoms with E-state index in [9.17, 15) is 18.0 Å². The van der Waals surface area contributed by atoms with E-state index < -0.39 is 10.1 Å². The van der Waals surface area contributed by atoms with Crippen molar-refractivity contribution in [1.29, 1.82) is 0 Å². The number of thiophene rings is 1. The molecule has 5 rings (SSSR count). The van der Waals surface area contributed by atoms with E-state index in [1.807, 2.05) is 48.0 Å². The highest BCUT2D eigenvalue weighted by molar-refractivity contribution is 7.85. The van der Waals surface area contributed by atoms with Crippen molar-refractivity contribution in [3.05, 3.63) is 128 Å². The van der Waals surface area contributed by atoms with E-state index in [1.165, 1.54) is 29.5 Å². The molecule has 2 aromatic carbocycles. The number of imidazole rings is 1. The van der Waals surface area contributed by atoms with E-state index in [1.54, 1.807) is 47.4 Å². The van der Waals surface area contributed by atoms with Crippen LogP contribution in [-0.2, 0) is 16.7 Å². The van der Waals surface area contributed by atoms with Crippen molar-refractivity contribution in [3.8, 4) is 11.4 Å². The molecule has 0 bridgehead atoms. The largest absolute Gasteiger partial charge is 0.346 e. The van der Waals surface area contributed by atoms with Crippen LogP contribution in [0.4, 0.5) is 0 Å². The number of hydrogen-bond acceptors (Lipinski definition) is 6. The van der Waals surface area contributed by atoms with E-state index in [-0.39, 0.29) is 16.4 Å². The lowest BCUT2D eigenvalue weighted by atomic mass is 10.2. The molecule has 200 valence electrons. The molecular weight excluding hydrogens is 560 g/mol. The van der Waals surface area contributed by atoms with Gasteiger partial charge >= 0.3 is 0 Å². The Balaban J connectivity index is 0.000000270. The predicted octanol–water partition coefficient (Wildman–Crippen LogP) is 4.91. The molecule has 0 aliphatic carbocycles. The second-order valence-electron chi connectivity index (χ2n) is 8.27. The average molecular weight is 583 g/mol. The molecule has 39 heavy (non-hydrogen) atoms. The number of hydrogen-bond donors (Lipinski definition) is 2. The standard InChI is InChI=1S/C20H15ClN4O2S.C7H8O3S/c21-18-9-8-17(28-18)20(27)22-11-14-12-24(13-23-14)15-4-6-16(7-5-15)25-10-2-1-3-19(25)26;1-6-2-4-7(5-3-6)11(8,9)10/h1-10,12-13H,11H2,(H,22,27);2-5H,1H3,(H,8,9,10). The third-order valence-corrected chi connectivity index (χ3v) is 7.53. The molecule has 1 amide bonds. The Kier molecular flexibility index (Phi) is 8.77. The number of carbonyl (C=O) groups is 1. The molecule has 12 heteroatoms. The van der Waals surface area contributed by atoms with Gasteiger partial charge in [-0.25, -0.2) is 4.98 Å². The van der Waals surface area contributed by atoms with Crippen molar-refractivity contribution in [2.75, 3.05) is 0 Å². The molecule has 0 spiro atoms. The van der Waals surface area contributed by atoms with Crippen molar-refractivity contribution in [1.82, 2.24) is 19.4 Å². The Morgan fingerprint density at radius 3 is 2.31 bits per heavy atom. The van der Waals surface area contributed by atoms with Gasteiger partial charge in [-0.2, -0.15) is 8.42 Å². The molecule has 2 N–H and O–H groups in total. The lowest BCUT2D eigenvalue weighted by molar-refractivity contribution is 0.0954. The smallest absolute Gasteiger partial charge is 0.294 e. The van der Waals surface area contributed by atoms with Crippen LogP contribution in [0.2, 0.25) is 4.34 Å². The molecule has 0 fully saturated rings. The number of nitrogens with zero attached hydrogens (tertiary/aromatic N) is 3. The number of aryl methyl sites for hydroxylation is 1. The van der Waals surface area contributed by atoms with Crippen molar-refractivity contribution < 1.29 is 17.8 Å². The SMILES string of the molecule is Cc1ccc(S(=O)(=O)O)cc1.O=C(NCc1cn(-c2ccc(-n3ccccc3=O)cc2)cn1)c1ccc(Cl)s1. The zero-order valence-corrected chi connectivity index (χ0v) is 22.9. The van der Waals surface area contributed by atoms with Crippen LogP contribution in [-0.4, -0.2) is 33.0 Å². The van der Waals surface area contributed by atoms with E-state index in [2.05, 4.69) is 10.3 Å². The molecule has 5 aromatic rings. The summed E-state index contributed by atoms with van der Waals surface area (Å²) in [4.78, 5) is 28.8. The number of carbonyl (C=O) groups excluding carboxylic acids is 1. The molecular formula is C27H23ClN4O5S2. The third kappa shape index (κ3) is 7.52. The molecule has 0 atom stereocenters. The zero-order valence-electron chi connectivity index (χ0n) is 20.6. The highest BCUT2D eigenvalue weighted by Gasteiger charge is 2.10. The van der Waals surface area contributed by atoms with E-state index in [0.717, 1.165) is 22.6 Å². The zero-order chi connectivity index (χ0) is 28.0. The Bertz CT molecular complexity index is 1740. The van der Waals surface area contributed by atoms with Gasteiger partial charge < -0.3 is 9.88 Å². The first-order valence-corrected chi connectivity index (χ1v) is 14.1. The minimum atomic E-state index is -4.02. The summed E-state index contributed by atoms with van der Waals surface area (Å²) >= 11 is 7.09. The van der Waals surface area contributed by atoms with Gasteiger partial charge in [0.1, 0.15) is 0 Å². The first-order chi connectivity index (χ1) is 18.6. The molecule has 0 aliphatic rings. The molecule has 3 heterocycles. The Labute approximate surface area is 233 Å². The lowest BCUT2D eigenvalue weighted by Gasteiger charge is -2.07. The van der Waals surface area contributed by atoms with Gasteiger partial charge in [0, 0.05) is 29.8 Å². The maximum absolute atomic E-state index is 12.1. The molecule has 0 saturated carbocycles. The predicted molar refractivity (Wildman–Crippen MR) is 151 cm³/mol. The first-order valence-electron chi connectivity index (χ1n) is 11.5. The van der Waals surface area contributed by atoms with Crippen LogP contribution in [0, 0.1) is 6.92 Å². The molecule has 0 saturated heterocycles. The lowest BCUT2D eigenvalue weighted by Crippen LogP contribution is -2.21. The second-order valence-corrected chi connectivity index (χ2v) is 11.4. The number of halogens is 1. The summed E-state index contributed by atoms with van der Waals surface area (Å²) in [5.41, 5.74) is 3.30. The van der Waals surface area contributed by atoms with Crippen LogP contribution in [0.5, 0.6) is 0 Å². The van der Waals surface area contributed by atoms with Gasteiger partial charge in [0.25, 0.3) is 21.6 Å². The number of aromatic nitrogens is 3.